The summed E-state index contributed by atoms with van der Waals surface area (Å²) in [7, 11) is 0. The number of aryl methyl sites for hydroxylation is 1. The molecule has 0 heterocycles. The summed E-state index contributed by atoms with van der Waals surface area (Å²) >= 11 is 0. The van der Waals surface area contributed by atoms with Crippen molar-refractivity contribution in [2.24, 2.45) is 11.8 Å². The van der Waals surface area contributed by atoms with Crippen LogP contribution >= 0.6 is 0 Å². The van der Waals surface area contributed by atoms with Crippen molar-refractivity contribution >= 4 is 0 Å². The lowest BCUT2D eigenvalue weighted by Gasteiger charge is -2.26. The zero-order valence-corrected chi connectivity index (χ0v) is 19.6. The molecule has 0 aromatic heterocycles. The third-order valence-corrected chi connectivity index (χ3v) is 6.92. The van der Waals surface area contributed by atoms with E-state index in [1.807, 2.05) is 6.07 Å². The van der Waals surface area contributed by atoms with Gasteiger partial charge >= 0.3 is 0 Å². The highest BCUT2D eigenvalue weighted by Gasteiger charge is 2.19. The number of ether oxygens (including phenoxy) is 1. The fourth-order valence-electron chi connectivity index (χ4n) is 4.88. The standard InChI is InChI=1S/C30H31F3O/c1-3-20-5-7-21(8-6-20)9-10-22-11-14-25(27(31)17-22)26-15-12-23(18-28(26)32)24-13-16-30(34-4-2)29(33)19-24/h3,11-21H,1,4-10H2,2H3. The number of hydrogen-bond donors (Lipinski definition) is 0. The van der Waals surface area contributed by atoms with E-state index >= 15 is 0 Å². The van der Waals surface area contributed by atoms with Gasteiger partial charge in [-0.1, -0.05) is 36.4 Å². The van der Waals surface area contributed by atoms with Crippen LogP contribution in [0.15, 0.2) is 67.3 Å². The highest BCUT2D eigenvalue weighted by Crippen LogP contribution is 2.34. The van der Waals surface area contributed by atoms with E-state index < -0.39 is 17.5 Å². The molecule has 1 aliphatic rings. The highest BCUT2D eigenvalue weighted by atomic mass is 19.1. The number of benzene rings is 3. The Bertz CT molecular complexity index is 1150. The Morgan fingerprint density at radius 3 is 2.03 bits per heavy atom. The van der Waals surface area contributed by atoms with Gasteiger partial charge in [0.2, 0.25) is 0 Å². The molecule has 0 unspecified atom stereocenters. The van der Waals surface area contributed by atoms with Gasteiger partial charge in [-0.2, -0.15) is 0 Å². The second kappa shape index (κ2) is 10.9. The van der Waals surface area contributed by atoms with Gasteiger partial charge in [0, 0.05) is 11.1 Å². The molecule has 1 saturated carbocycles. The van der Waals surface area contributed by atoms with Crippen LogP contribution in [-0.4, -0.2) is 6.61 Å². The monoisotopic (exact) mass is 464 g/mol. The molecule has 0 bridgehead atoms. The molecular formula is C30H31F3O. The van der Waals surface area contributed by atoms with Gasteiger partial charge in [0.15, 0.2) is 11.6 Å². The van der Waals surface area contributed by atoms with Gasteiger partial charge in [-0.05, 0) is 98.2 Å². The third kappa shape index (κ3) is 5.55. The molecule has 3 aromatic carbocycles. The molecule has 3 aromatic rings. The zero-order chi connectivity index (χ0) is 24.1. The average molecular weight is 465 g/mol. The molecule has 4 rings (SSSR count). The van der Waals surface area contributed by atoms with Crippen molar-refractivity contribution in [3.63, 3.8) is 0 Å². The minimum atomic E-state index is -0.544. The van der Waals surface area contributed by atoms with Gasteiger partial charge in [-0.15, -0.1) is 6.58 Å². The first-order chi connectivity index (χ1) is 16.5. The first-order valence-corrected chi connectivity index (χ1v) is 12.1. The number of allylic oxidation sites excluding steroid dienone is 1. The summed E-state index contributed by atoms with van der Waals surface area (Å²) in [5.41, 5.74) is 2.42. The highest BCUT2D eigenvalue weighted by molar-refractivity contribution is 5.72. The summed E-state index contributed by atoms with van der Waals surface area (Å²) in [6, 6.07) is 14.2. The number of rotatable bonds is 8. The van der Waals surface area contributed by atoms with Gasteiger partial charge < -0.3 is 4.74 Å². The molecular weight excluding hydrogens is 433 g/mol. The smallest absolute Gasteiger partial charge is 0.165 e. The molecule has 1 aliphatic carbocycles. The van der Waals surface area contributed by atoms with Crippen molar-refractivity contribution in [3.8, 4) is 28.0 Å². The first-order valence-electron chi connectivity index (χ1n) is 12.1. The average Bonchev–Trinajstić information content (AvgIpc) is 2.85. The quantitative estimate of drug-likeness (QED) is 0.303. The summed E-state index contributed by atoms with van der Waals surface area (Å²) in [6.45, 7) is 6.04. The van der Waals surface area contributed by atoms with E-state index in [4.69, 9.17) is 4.74 Å². The zero-order valence-electron chi connectivity index (χ0n) is 19.6. The minimum Gasteiger partial charge on any atom is -0.491 e. The largest absolute Gasteiger partial charge is 0.491 e. The number of hydrogen-bond acceptors (Lipinski definition) is 1. The summed E-state index contributed by atoms with van der Waals surface area (Å²) in [5.74, 6) is 0.0114. The fourth-order valence-corrected chi connectivity index (χ4v) is 4.88. The topological polar surface area (TPSA) is 9.23 Å². The Hall–Kier alpha value is -3.01. The second-order valence-corrected chi connectivity index (χ2v) is 9.14. The SMILES string of the molecule is C=CC1CCC(CCc2ccc(-c3ccc(-c4ccc(OCC)c(F)c4)cc3F)c(F)c2)CC1. The molecule has 34 heavy (non-hydrogen) atoms. The van der Waals surface area contributed by atoms with Crippen LogP contribution in [0.25, 0.3) is 22.3 Å². The Labute approximate surface area is 200 Å². The van der Waals surface area contributed by atoms with Gasteiger partial charge in [0.05, 0.1) is 6.61 Å². The van der Waals surface area contributed by atoms with E-state index in [9.17, 15) is 13.2 Å². The molecule has 4 heteroatoms. The van der Waals surface area contributed by atoms with Crippen LogP contribution in [0.1, 0.15) is 44.6 Å². The van der Waals surface area contributed by atoms with E-state index in [0.29, 0.717) is 29.6 Å². The van der Waals surface area contributed by atoms with Crippen LogP contribution in [0.4, 0.5) is 13.2 Å². The van der Waals surface area contributed by atoms with Gasteiger partial charge in [0.1, 0.15) is 11.6 Å². The summed E-state index contributed by atoms with van der Waals surface area (Å²) < 4.78 is 49.3. The molecule has 0 amide bonds. The van der Waals surface area contributed by atoms with Crippen LogP contribution in [0, 0.1) is 29.3 Å². The first kappa shape index (κ1) is 24.1. The van der Waals surface area contributed by atoms with Crippen LogP contribution < -0.4 is 4.74 Å². The molecule has 0 saturated heterocycles. The maximum Gasteiger partial charge on any atom is 0.165 e. The lowest BCUT2D eigenvalue weighted by Crippen LogP contribution is -2.13. The van der Waals surface area contributed by atoms with Crippen molar-refractivity contribution in [2.75, 3.05) is 6.61 Å². The maximum atomic E-state index is 15.0. The molecule has 1 nitrogen and oxygen atoms in total. The van der Waals surface area contributed by atoms with Crippen LogP contribution in [0.3, 0.4) is 0 Å². The Balaban J connectivity index is 1.46. The Morgan fingerprint density at radius 2 is 1.44 bits per heavy atom. The third-order valence-electron chi connectivity index (χ3n) is 6.92. The Morgan fingerprint density at radius 1 is 0.824 bits per heavy atom. The normalized spacial score (nSPS) is 18.0. The molecule has 1 fully saturated rings. The van der Waals surface area contributed by atoms with Gasteiger partial charge in [-0.3, -0.25) is 0 Å². The van der Waals surface area contributed by atoms with Crippen molar-refractivity contribution in [1.29, 1.82) is 0 Å². The van der Waals surface area contributed by atoms with Crippen LogP contribution in [0.5, 0.6) is 5.75 Å². The molecule has 0 N–H and O–H groups in total. The second-order valence-electron chi connectivity index (χ2n) is 9.14. The number of halogens is 3. The van der Waals surface area contributed by atoms with Crippen molar-refractivity contribution in [3.05, 3.63) is 90.3 Å². The van der Waals surface area contributed by atoms with Crippen molar-refractivity contribution in [2.45, 2.75) is 45.4 Å². The summed E-state index contributed by atoms with van der Waals surface area (Å²) in [5, 5.41) is 0. The van der Waals surface area contributed by atoms with Gasteiger partial charge in [-0.25, -0.2) is 13.2 Å². The fraction of sp³-hybridized carbons (Fsp3) is 0.333. The lowest BCUT2D eigenvalue weighted by atomic mass is 9.79. The van der Waals surface area contributed by atoms with Crippen LogP contribution in [-0.2, 0) is 6.42 Å². The van der Waals surface area contributed by atoms with E-state index in [1.165, 1.54) is 49.9 Å². The summed E-state index contributed by atoms with van der Waals surface area (Å²) in [4.78, 5) is 0. The minimum absolute atomic E-state index is 0.162. The molecule has 0 aliphatic heterocycles. The summed E-state index contributed by atoms with van der Waals surface area (Å²) in [6.07, 6.45) is 8.72. The van der Waals surface area contributed by atoms with E-state index in [-0.39, 0.29) is 16.9 Å². The predicted molar refractivity (Wildman–Crippen MR) is 132 cm³/mol. The predicted octanol–water partition coefficient (Wildman–Crippen LogP) is 8.76. The molecule has 0 atom stereocenters. The Kier molecular flexibility index (Phi) is 7.77. The molecule has 0 radical (unpaired) electrons. The lowest BCUT2D eigenvalue weighted by molar-refractivity contribution is 0.296. The molecule has 0 spiro atoms. The van der Waals surface area contributed by atoms with E-state index in [1.54, 1.807) is 31.2 Å². The maximum absolute atomic E-state index is 15.0. The van der Waals surface area contributed by atoms with E-state index in [2.05, 4.69) is 12.7 Å². The van der Waals surface area contributed by atoms with E-state index in [0.717, 1.165) is 18.4 Å². The van der Waals surface area contributed by atoms with Crippen LogP contribution in [0.2, 0.25) is 0 Å². The van der Waals surface area contributed by atoms with Crippen molar-refractivity contribution < 1.29 is 17.9 Å². The molecule has 178 valence electrons. The van der Waals surface area contributed by atoms with Crippen molar-refractivity contribution in [1.82, 2.24) is 0 Å². The van der Waals surface area contributed by atoms with Gasteiger partial charge in [0.25, 0.3) is 0 Å².